The molecule has 0 bridgehead atoms. The Morgan fingerprint density at radius 3 is 2.65 bits per heavy atom. The second kappa shape index (κ2) is 9.69. The van der Waals surface area contributed by atoms with Crippen LogP contribution in [-0.4, -0.2) is 44.1 Å². The van der Waals surface area contributed by atoms with Crippen molar-refractivity contribution >= 4 is 22.6 Å². The predicted octanol–water partition coefficient (Wildman–Crippen LogP) is 3.11. The molecule has 3 N–H and O–H groups in total. The molecule has 26 heavy (non-hydrogen) atoms. The number of ether oxygens (including phenoxy) is 1. The van der Waals surface area contributed by atoms with Crippen LogP contribution >= 0.6 is 11.8 Å². The highest BCUT2D eigenvalue weighted by Crippen LogP contribution is 2.34. The van der Waals surface area contributed by atoms with Gasteiger partial charge in [-0.2, -0.15) is 0 Å². The third kappa shape index (κ3) is 5.54. The number of nitrogens with one attached hydrogen (secondary N) is 1. The van der Waals surface area contributed by atoms with Crippen molar-refractivity contribution in [2.45, 2.75) is 26.7 Å². The second-order valence-electron chi connectivity index (χ2n) is 6.53. The lowest BCUT2D eigenvalue weighted by atomic mass is 10.1. The van der Waals surface area contributed by atoms with Gasteiger partial charge in [-0.25, -0.2) is 0 Å². The standard InChI is InChI=1S/C20H29N3O2S/c1-14-13-17(7-8-18(14)25-4)16(3)26-19(15(2)21)20(24)22-9-12-23-10-5-6-11-23/h7-8,13H,3,5-6,9-12,21H2,1-2,4H3,(H,22,24)/b19-15-. The molecule has 1 fully saturated rings. The van der Waals surface area contributed by atoms with Crippen LogP contribution in [0.5, 0.6) is 5.75 Å². The zero-order chi connectivity index (χ0) is 19.1. The molecule has 0 aliphatic carbocycles. The van der Waals surface area contributed by atoms with Gasteiger partial charge in [-0.15, -0.1) is 0 Å². The summed E-state index contributed by atoms with van der Waals surface area (Å²) in [5, 5.41) is 2.98. The van der Waals surface area contributed by atoms with Gasteiger partial charge in [0.2, 0.25) is 0 Å². The fraction of sp³-hybridized carbons (Fsp3) is 0.450. The quantitative estimate of drug-likeness (QED) is 0.684. The number of aryl methyl sites for hydroxylation is 1. The number of amides is 1. The lowest BCUT2D eigenvalue weighted by Gasteiger charge is -2.16. The van der Waals surface area contributed by atoms with E-state index in [2.05, 4.69) is 16.8 Å². The van der Waals surface area contributed by atoms with E-state index in [1.807, 2.05) is 25.1 Å². The van der Waals surface area contributed by atoms with E-state index in [9.17, 15) is 4.79 Å². The van der Waals surface area contributed by atoms with E-state index in [1.165, 1.54) is 24.6 Å². The van der Waals surface area contributed by atoms with E-state index in [-0.39, 0.29) is 5.91 Å². The Morgan fingerprint density at radius 2 is 2.08 bits per heavy atom. The zero-order valence-electron chi connectivity index (χ0n) is 15.9. The highest BCUT2D eigenvalue weighted by atomic mass is 32.2. The molecule has 1 aliphatic heterocycles. The van der Waals surface area contributed by atoms with Gasteiger partial charge in [-0.1, -0.05) is 24.4 Å². The molecule has 1 aromatic carbocycles. The smallest absolute Gasteiger partial charge is 0.259 e. The van der Waals surface area contributed by atoms with Crippen LogP contribution in [0.1, 0.15) is 30.9 Å². The Morgan fingerprint density at radius 1 is 1.38 bits per heavy atom. The minimum Gasteiger partial charge on any atom is -0.496 e. The van der Waals surface area contributed by atoms with Crippen molar-refractivity contribution in [3.05, 3.63) is 46.5 Å². The number of carbonyl (C=O) groups is 1. The SMILES string of the molecule is C=C(S/C(C(=O)NCCN1CCCC1)=C(/C)N)c1ccc(OC)c(C)c1. The highest BCUT2D eigenvalue weighted by Gasteiger charge is 2.17. The first-order valence-corrected chi connectivity index (χ1v) is 9.72. The van der Waals surface area contributed by atoms with Crippen molar-refractivity contribution in [2.24, 2.45) is 5.73 Å². The molecule has 6 heteroatoms. The van der Waals surface area contributed by atoms with Crippen LogP contribution in [0.4, 0.5) is 0 Å². The Hall–Kier alpha value is -1.92. The number of carbonyl (C=O) groups excluding carboxylic acids is 1. The van der Waals surface area contributed by atoms with Gasteiger partial charge < -0.3 is 20.7 Å². The van der Waals surface area contributed by atoms with E-state index < -0.39 is 0 Å². The third-order valence-electron chi connectivity index (χ3n) is 4.42. The summed E-state index contributed by atoms with van der Waals surface area (Å²) < 4.78 is 5.29. The molecule has 5 nitrogen and oxygen atoms in total. The number of methoxy groups -OCH3 is 1. The molecule has 1 aliphatic rings. The molecule has 0 spiro atoms. The Kier molecular flexibility index (Phi) is 7.60. The molecular formula is C20H29N3O2S. The van der Waals surface area contributed by atoms with Gasteiger partial charge in [0.15, 0.2) is 0 Å². The summed E-state index contributed by atoms with van der Waals surface area (Å²) in [6.45, 7) is 11.6. The molecule has 0 radical (unpaired) electrons. The number of hydrogen-bond acceptors (Lipinski definition) is 5. The number of nitrogens with two attached hydrogens (primary N) is 1. The van der Waals surface area contributed by atoms with Crippen molar-refractivity contribution in [1.82, 2.24) is 10.2 Å². The number of hydrogen-bond donors (Lipinski definition) is 2. The number of likely N-dealkylation sites (tertiary alicyclic amines) is 1. The molecule has 1 heterocycles. The number of rotatable bonds is 8. The van der Waals surface area contributed by atoms with E-state index in [1.54, 1.807) is 14.0 Å². The number of nitrogens with zero attached hydrogens (tertiary/aromatic N) is 1. The first-order chi connectivity index (χ1) is 12.4. The van der Waals surface area contributed by atoms with E-state index in [4.69, 9.17) is 10.5 Å². The minimum atomic E-state index is -0.138. The maximum Gasteiger partial charge on any atom is 0.259 e. The number of allylic oxidation sites excluding steroid dienone is 1. The third-order valence-corrected chi connectivity index (χ3v) is 5.61. The van der Waals surface area contributed by atoms with E-state index in [0.29, 0.717) is 17.1 Å². The molecular weight excluding hydrogens is 346 g/mol. The van der Waals surface area contributed by atoms with Crippen molar-refractivity contribution in [3.8, 4) is 5.75 Å². The zero-order valence-corrected chi connectivity index (χ0v) is 16.7. The minimum absolute atomic E-state index is 0.138. The maximum atomic E-state index is 12.5. The van der Waals surface area contributed by atoms with Crippen LogP contribution < -0.4 is 15.8 Å². The molecule has 0 unspecified atom stereocenters. The molecule has 1 amide bonds. The van der Waals surface area contributed by atoms with Crippen molar-refractivity contribution in [2.75, 3.05) is 33.3 Å². The molecule has 0 aromatic heterocycles. The largest absolute Gasteiger partial charge is 0.496 e. The van der Waals surface area contributed by atoms with Crippen LogP contribution in [0, 0.1) is 6.92 Å². The molecule has 142 valence electrons. The van der Waals surface area contributed by atoms with Crippen molar-refractivity contribution < 1.29 is 9.53 Å². The lowest BCUT2D eigenvalue weighted by molar-refractivity contribution is -0.116. The molecule has 0 saturated carbocycles. The molecule has 2 rings (SSSR count). The molecule has 1 saturated heterocycles. The van der Waals surface area contributed by atoms with Crippen LogP contribution in [0.15, 0.2) is 35.4 Å². The van der Waals surface area contributed by atoms with Crippen molar-refractivity contribution in [1.29, 1.82) is 0 Å². The second-order valence-corrected chi connectivity index (χ2v) is 7.63. The Balaban J connectivity index is 1.96. The average Bonchev–Trinajstić information content (AvgIpc) is 3.12. The normalized spacial score (nSPS) is 15.5. The van der Waals surface area contributed by atoms with E-state index in [0.717, 1.165) is 41.4 Å². The first kappa shape index (κ1) is 20.4. The fourth-order valence-corrected chi connectivity index (χ4v) is 3.77. The van der Waals surface area contributed by atoms with Gasteiger partial charge in [-0.05, 0) is 63.0 Å². The monoisotopic (exact) mass is 375 g/mol. The molecule has 0 atom stereocenters. The summed E-state index contributed by atoms with van der Waals surface area (Å²) in [6.07, 6.45) is 2.50. The van der Waals surface area contributed by atoms with Gasteiger partial charge in [-0.3, -0.25) is 4.79 Å². The fourth-order valence-electron chi connectivity index (χ4n) is 2.95. The molecule has 1 aromatic rings. The van der Waals surface area contributed by atoms with Gasteiger partial charge in [0, 0.05) is 23.7 Å². The van der Waals surface area contributed by atoms with Crippen LogP contribution in [0.2, 0.25) is 0 Å². The topological polar surface area (TPSA) is 67.6 Å². The highest BCUT2D eigenvalue weighted by molar-refractivity contribution is 8.12. The Labute approximate surface area is 160 Å². The van der Waals surface area contributed by atoms with E-state index >= 15 is 0 Å². The Bertz CT molecular complexity index is 690. The van der Waals surface area contributed by atoms with Crippen LogP contribution in [0.3, 0.4) is 0 Å². The predicted molar refractivity (Wildman–Crippen MR) is 110 cm³/mol. The summed E-state index contributed by atoms with van der Waals surface area (Å²) in [5.74, 6) is 0.692. The summed E-state index contributed by atoms with van der Waals surface area (Å²) >= 11 is 1.31. The summed E-state index contributed by atoms with van der Waals surface area (Å²) in [7, 11) is 1.65. The summed E-state index contributed by atoms with van der Waals surface area (Å²) in [6, 6.07) is 5.85. The lowest BCUT2D eigenvalue weighted by Crippen LogP contribution is -2.34. The van der Waals surface area contributed by atoms with Gasteiger partial charge in [0.25, 0.3) is 5.91 Å². The summed E-state index contributed by atoms with van der Waals surface area (Å²) in [4.78, 5) is 16.2. The number of benzene rings is 1. The van der Waals surface area contributed by atoms with Gasteiger partial charge in [0.05, 0.1) is 12.0 Å². The van der Waals surface area contributed by atoms with Crippen molar-refractivity contribution in [3.63, 3.8) is 0 Å². The summed E-state index contributed by atoms with van der Waals surface area (Å²) in [5.41, 5.74) is 8.44. The maximum absolute atomic E-state index is 12.5. The average molecular weight is 376 g/mol. The first-order valence-electron chi connectivity index (χ1n) is 8.91. The van der Waals surface area contributed by atoms with Crippen LogP contribution in [0.25, 0.3) is 4.91 Å². The van der Waals surface area contributed by atoms with Crippen LogP contribution in [-0.2, 0) is 4.79 Å². The van der Waals surface area contributed by atoms with Gasteiger partial charge in [0.1, 0.15) is 5.75 Å². The van der Waals surface area contributed by atoms with Gasteiger partial charge >= 0.3 is 0 Å². The number of thioether (sulfide) groups is 1.